The molecule has 0 bridgehead atoms. The van der Waals surface area contributed by atoms with E-state index in [-0.39, 0.29) is 12.1 Å². The van der Waals surface area contributed by atoms with E-state index in [9.17, 15) is 4.79 Å². The Morgan fingerprint density at radius 3 is 2.74 bits per heavy atom. The molecule has 0 aliphatic rings. The first kappa shape index (κ1) is 17.0. The first-order chi connectivity index (χ1) is 11.0. The lowest BCUT2D eigenvalue weighted by molar-refractivity contribution is 0.306. The van der Waals surface area contributed by atoms with Crippen molar-refractivity contribution in [1.82, 2.24) is 14.7 Å². The molecular formula is C17H23N5O. The zero-order chi connectivity index (χ0) is 17.0. The highest BCUT2D eigenvalue weighted by atomic mass is 16.1. The molecule has 1 aromatic carbocycles. The molecule has 0 saturated heterocycles. The van der Waals surface area contributed by atoms with Crippen molar-refractivity contribution in [2.24, 2.45) is 11.7 Å². The summed E-state index contributed by atoms with van der Waals surface area (Å²) >= 11 is 0. The minimum Gasteiger partial charge on any atom is -0.326 e. The van der Waals surface area contributed by atoms with Crippen LogP contribution in [-0.4, -0.2) is 35.3 Å². The normalized spacial score (nSPS) is 12.3. The summed E-state index contributed by atoms with van der Waals surface area (Å²) in [6.07, 6.45) is 1.71. The van der Waals surface area contributed by atoms with Gasteiger partial charge in [-0.25, -0.2) is 0 Å². The fourth-order valence-corrected chi connectivity index (χ4v) is 2.82. The highest BCUT2D eigenvalue weighted by Crippen LogP contribution is 2.21. The van der Waals surface area contributed by atoms with Crippen molar-refractivity contribution in [2.45, 2.75) is 20.0 Å². The summed E-state index contributed by atoms with van der Waals surface area (Å²) in [4.78, 5) is 14.7. The first-order valence-corrected chi connectivity index (χ1v) is 7.62. The standard InChI is InChI=1S/C17H23N5O/c1-12(10-21(2)3)11-22-17(23)16(9-20-22)15-5-4-13(7-18)6-14(15)8-19/h4-6,9,12,20H,8,10-11,19H2,1-3H3. The van der Waals surface area contributed by atoms with Crippen molar-refractivity contribution >= 4 is 0 Å². The molecule has 1 unspecified atom stereocenters. The second-order valence-corrected chi connectivity index (χ2v) is 6.16. The minimum absolute atomic E-state index is 0.0602. The van der Waals surface area contributed by atoms with Crippen molar-refractivity contribution in [3.8, 4) is 17.2 Å². The second kappa shape index (κ2) is 7.27. The SMILES string of the molecule is CC(CN(C)C)Cn1[nH]cc(-c2ccc(C#N)cc2CN)c1=O. The van der Waals surface area contributed by atoms with Crippen LogP contribution in [-0.2, 0) is 13.1 Å². The summed E-state index contributed by atoms with van der Waals surface area (Å²) in [6.45, 7) is 3.93. The van der Waals surface area contributed by atoms with Gasteiger partial charge in [-0.05, 0) is 43.3 Å². The third-order valence-electron chi connectivity index (χ3n) is 3.76. The molecule has 1 atom stereocenters. The molecule has 6 heteroatoms. The molecule has 6 nitrogen and oxygen atoms in total. The summed E-state index contributed by atoms with van der Waals surface area (Å²) in [7, 11) is 4.04. The molecule has 122 valence electrons. The molecule has 0 fully saturated rings. The van der Waals surface area contributed by atoms with E-state index in [1.165, 1.54) is 0 Å². The highest BCUT2D eigenvalue weighted by molar-refractivity contribution is 5.67. The quantitative estimate of drug-likeness (QED) is 0.842. The maximum Gasteiger partial charge on any atom is 0.274 e. The highest BCUT2D eigenvalue weighted by Gasteiger charge is 2.14. The van der Waals surface area contributed by atoms with Crippen molar-refractivity contribution in [3.05, 3.63) is 45.9 Å². The van der Waals surface area contributed by atoms with E-state index in [1.807, 2.05) is 14.1 Å². The fraction of sp³-hybridized carbons (Fsp3) is 0.412. The largest absolute Gasteiger partial charge is 0.326 e. The Morgan fingerprint density at radius 1 is 1.39 bits per heavy atom. The van der Waals surface area contributed by atoms with Gasteiger partial charge in [-0.1, -0.05) is 13.0 Å². The van der Waals surface area contributed by atoms with Crippen LogP contribution in [0.25, 0.3) is 11.1 Å². The van der Waals surface area contributed by atoms with E-state index < -0.39 is 0 Å². The molecule has 0 amide bonds. The lowest BCUT2D eigenvalue weighted by Gasteiger charge is -2.16. The second-order valence-electron chi connectivity index (χ2n) is 6.16. The topological polar surface area (TPSA) is 90.8 Å². The molecule has 2 aromatic rings. The van der Waals surface area contributed by atoms with Crippen LogP contribution in [0.1, 0.15) is 18.1 Å². The molecule has 0 spiro atoms. The average Bonchev–Trinajstić information content (AvgIpc) is 2.86. The van der Waals surface area contributed by atoms with E-state index in [2.05, 4.69) is 23.0 Å². The van der Waals surface area contributed by atoms with Gasteiger partial charge in [0.15, 0.2) is 0 Å². The third kappa shape index (κ3) is 3.89. The Hall–Kier alpha value is -2.36. The van der Waals surface area contributed by atoms with Crippen LogP contribution in [0.15, 0.2) is 29.2 Å². The van der Waals surface area contributed by atoms with Crippen LogP contribution in [0.2, 0.25) is 0 Å². The predicted molar refractivity (Wildman–Crippen MR) is 90.8 cm³/mol. The van der Waals surface area contributed by atoms with Gasteiger partial charge in [0.05, 0.1) is 17.2 Å². The minimum atomic E-state index is -0.0602. The van der Waals surface area contributed by atoms with Gasteiger partial charge >= 0.3 is 0 Å². The lowest BCUT2D eigenvalue weighted by Crippen LogP contribution is -2.27. The number of nitrogens with one attached hydrogen (secondary N) is 1. The van der Waals surface area contributed by atoms with Gasteiger partial charge in [-0.3, -0.25) is 9.48 Å². The number of hydrogen-bond acceptors (Lipinski definition) is 4. The van der Waals surface area contributed by atoms with Crippen molar-refractivity contribution in [3.63, 3.8) is 0 Å². The molecule has 2 rings (SSSR count). The maximum atomic E-state index is 12.6. The Morgan fingerprint density at radius 2 is 2.13 bits per heavy atom. The number of benzene rings is 1. The molecule has 0 saturated carbocycles. The summed E-state index contributed by atoms with van der Waals surface area (Å²) < 4.78 is 1.63. The average molecular weight is 313 g/mol. The van der Waals surface area contributed by atoms with Crippen LogP contribution in [0.5, 0.6) is 0 Å². The Bertz CT molecular complexity index is 766. The van der Waals surface area contributed by atoms with Crippen LogP contribution in [0.3, 0.4) is 0 Å². The number of aromatic amines is 1. The van der Waals surface area contributed by atoms with Gasteiger partial charge in [0.2, 0.25) is 0 Å². The zero-order valence-corrected chi connectivity index (χ0v) is 13.8. The monoisotopic (exact) mass is 313 g/mol. The van der Waals surface area contributed by atoms with E-state index in [0.717, 1.165) is 17.7 Å². The molecular weight excluding hydrogens is 290 g/mol. The number of H-pyrrole nitrogens is 1. The van der Waals surface area contributed by atoms with Gasteiger partial charge in [0, 0.05) is 25.8 Å². The van der Waals surface area contributed by atoms with Gasteiger partial charge in [-0.2, -0.15) is 5.26 Å². The number of nitrogens with zero attached hydrogens (tertiary/aromatic N) is 3. The number of nitrogens with two attached hydrogens (primary N) is 1. The Labute approximate surface area is 136 Å². The number of nitriles is 1. The smallest absolute Gasteiger partial charge is 0.274 e. The van der Waals surface area contributed by atoms with E-state index in [1.54, 1.807) is 29.1 Å². The first-order valence-electron chi connectivity index (χ1n) is 7.62. The van der Waals surface area contributed by atoms with Gasteiger partial charge in [0.25, 0.3) is 5.56 Å². The molecule has 0 aliphatic carbocycles. The molecule has 1 aromatic heterocycles. The predicted octanol–water partition coefficient (Wildman–Crippen LogP) is 1.37. The zero-order valence-electron chi connectivity index (χ0n) is 13.8. The summed E-state index contributed by atoms with van der Waals surface area (Å²) in [5.41, 5.74) is 8.43. The Balaban J connectivity index is 2.33. The summed E-state index contributed by atoms with van der Waals surface area (Å²) in [5, 5.41) is 12.0. The molecule has 0 aliphatic heterocycles. The van der Waals surface area contributed by atoms with Gasteiger partial charge < -0.3 is 15.7 Å². The van der Waals surface area contributed by atoms with Crippen molar-refractivity contribution < 1.29 is 0 Å². The van der Waals surface area contributed by atoms with Crippen LogP contribution >= 0.6 is 0 Å². The number of rotatable bonds is 6. The molecule has 1 heterocycles. The Kier molecular flexibility index (Phi) is 5.37. The van der Waals surface area contributed by atoms with E-state index >= 15 is 0 Å². The maximum absolute atomic E-state index is 12.6. The van der Waals surface area contributed by atoms with Crippen molar-refractivity contribution in [2.75, 3.05) is 20.6 Å². The van der Waals surface area contributed by atoms with E-state index in [0.29, 0.717) is 23.6 Å². The van der Waals surface area contributed by atoms with Gasteiger partial charge in [-0.15, -0.1) is 0 Å². The van der Waals surface area contributed by atoms with Crippen LogP contribution in [0.4, 0.5) is 0 Å². The van der Waals surface area contributed by atoms with E-state index in [4.69, 9.17) is 11.0 Å². The molecule has 23 heavy (non-hydrogen) atoms. The summed E-state index contributed by atoms with van der Waals surface area (Å²) in [6, 6.07) is 7.33. The third-order valence-corrected chi connectivity index (χ3v) is 3.76. The van der Waals surface area contributed by atoms with Crippen LogP contribution < -0.4 is 11.3 Å². The van der Waals surface area contributed by atoms with Crippen molar-refractivity contribution in [1.29, 1.82) is 5.26 Å². The number of aromatic nitrogens is 2. The fourth-order valence-electron chi connectivity index (χ4n) is 2.82. The lowest BCUT2D eigenvalue weighted by atomic mass is 10.00. The molecule has 0 radical (unpaired) electrons. The summed E-state index contributed by atoms with van der Waals surface area (Å²) in [5.74, 6) is 0.351. The van der Waals surface area contributed by atoms with Gasteiger partial charge in [0.1, 0.15) is 0 Å². The number of hydrogen-bond donors (Lipinski definition) is 2. The molecule has 3 N–H and O–H groups in total. The van der Waals surface area contributed by atoms with Crippen LogP contribution in [0, 0.1) is 17.2 Å².